The maximum absolute atomic E-state index is 13.3. The Morgan fingerprint density at radius 2 is 1.79 bits per heavy atom. The van der Waals surface area contributed by atoms with Crippen LogP contribution in [0.3, 0.4) is 0 Å². The second-order valence-corrected chi connectivity index (χ2v) is 6.41. The number of anilines is 1. The van der Waals surface area contributed by atoms with Gasteiger partial charge in [-0.25, -0.2) is 9.37 Å². The van der Waals surface area contributed by atoms with E-state index in [-0.39, 0.29) is 5.82 Å². The molecule has 1 aromatic carbocycles. The third kappa shape index (κ3) is 3.59. The number of hydrogen-bond donors (Lipinski definition) is 1. The lowest BCUT2D eigenvalue weighted by Gasteiger charge is -2.24. The molecule has 0 bridgehead atoms. The maximum atomic E-state index is 13.3. The average molecular weight is 327 g/mol. The van der Waals surface area contributed by atoms with Gasteiger partial charge in [0.05, 0.1) is 6.67 Å². The molecule has 0 saturated carbocycles. The summed E-state index contributed by atoms with van der Waals surface area (Å²) in [6, 6.07) is 8.93. The van der Waals surface area contributed by atoms with Crippen molar-refractivity contribution in [2.75, 3.05) is 18.1 Å². The van der Waals surface area contributed by atoms with Crippen LogP contribution in [0.2, 0.25) is 0 Å². The van der Waals surface area contributed by atoms with E-state index in [0.29, 0.717) is 6.67 Å². The molecule has 0 aliphatic heterocycles. The van der Waals surface area contributed by atoms with E-state index >= 15 is 0 Å². The predicted molar refractivity (Wildman–Crippen MR) is 97.6 cm³/mol. The smallest absolute Gasteiger partial charge is 0.130 e. The summed E-state index contributed by atoms with van der Waals surface area (Å²) in [5, 5.41) is 0. The zero-order valence-corrected chi connectivity index (χ0v) is 14.4. The summed E-state index contributed by atoms with van der Waals surface area (Å²) >= 11 is 0. The Labute approximate surface area is 143 Å². The summed E-state index contributed by atoms with van der Waals surface area (Å²) in [4.78, 5) is 7.01. The van der Waals surface area contributed by atoms with Crippen LogP contribution in [0.25, 0.3) is 11.1 Å². The highest BCUT2D eigenvalue weighted by Crippen LogP contribution is 2.33. The van der Waals surface area contributed by atoms with E-state index in [4.69, 9.17) is 10.7 Å². The largest absolute Gasteiger partial charge is 0.344 e. The summed E-state index contributed by atoms with van der Waals surface area (Å²) in [7, 11) is 0. The number of halogens is 1. The maximum Gasteiger partial charge on any atom is 0.130 e. The SMILES string of the molecule is CCN(CN)c1cc(-c2ccc(F)cc2)c2c(n1)CCCCCC2. The molecular formula is C20H26FN3. The van der Waals surface area contributed by atoms with Crippen molar-refractivity contribution in [1.82, 2.24) is 4.98 Å². The van der Waals surface area contributed by atoms with Crippen molar-refractivity contribution < 1.29 is 4.39 Å². The highest BCUT2D eigenvalue weighted by Gasteiger charge is 2.17. The van der Waals surface area contributed by atoms with Crippen molar-refractivity contribution in [3.8, 4) is 11.1 Å². The molecule has 3 rings (SSSR count). The van der Waals surface area contributed by atoms with Crippen molar-refractivity contribution in [2.24, 2.45) is 5.73 Å². The van der Waals surface area contributed by atoms with Gasteiger partial charge in [0.1, 0.15) is 11.6 Å². The minimum atomic E-state index is -0.201. The number of aryl methyl sites for hydroxylation is 1. The number of fused-ring (bicyclic) bond motifs is 1. The topological polar surface area (TPSA) is 42.1 Å². The summed E-state index contributed by atoms with van der Waals surface area (Å²) < 4.78 is 13.3. The molecule has 2 aromatic rings. The molecule has 128 valence electrons. The van der Waals surface area contributed by atoms with Gasteiger partial charge in [-0.3, -0.25) is 0 Å². The molecule has 1 aliphatic carbocycles. The first-order valence-corrected chi connectivity index (χ1v) is 8.96. The van der Waals surface area contributed by atoms with Crippen molar-refractivity contribution in [3.05, 3.63) is 47.4 Å². The van der Waals surface area contributed by atoms with E-state index in [1.165, 1.54) is 54.6 Å². The second-order valence-electron chi connectivity index (χ2n) is 6.41. The van der Waals surface area contributed by atoms with Crippen LogP contribution in [0, 0.1) is 5.82 Å². The molecule has 3 nitrogen and oxygen atoms in total. The lowest BCUT2D eigenvalue weighted by atomic mass is 9.90. The van der Waals surface area contributed by atoms with E-state index in [1.54, 1.807) is 0 Å². The van der Waals surface area contributed by atoms with Crippen molar-refractivity contribution in [3.63, 3.8) is 0 Å². The number of pyridine rings is 1. The molecule has 0 radical (unpaired) electrons. The first-order chi connectivity index (χ1) is 11.7. The third-order valence-corrected chi connectivity index (χ3v) is 4.87. The van der Waals surface area contributed by atoms with Gasteiger partial charge >= 0.3 is 0 Å². The lowest BCUT2D eigenvalue weighted by molar-refractivity contribution is 0.608. The van der Waals surface area contributed by atoms with E-state index < -0.39 is 0 Å². The minimum absolute atomic E-state index is 0.201. The van der Waals surface area contributed by atoms with Crippen molar-refractivity contribution >= 4 is 5.82 Å². The van der Waals surface area contributed by atoms with Crippen LogP contribution in [0.15, 0.2) is 30.3 Å². The minimum Gasteiger partial charge on any atom is -0.344 e. The molecule has 0 atom stereocenters. The third-order valence-electron chi connectivity index (χ3n) is 4.87. The monoisotopic (exact) mass is 327 g/mol. The molecule has 0 amide bonds. The molecule has 1 aliphatic rings. The first kappa shape index (κ1) is 16.9. The Hall–Kier alpha value is -1.94. The highest BCUT2D eigenvalue weighted by atomic mass is 19.1. The molecule has 1 heterocycles. The van der Waals surface area contributed by atoms with Gasteiger partial charge in [0.2, 0.25) is 0 Å². The van der Waals surface area contributed by atoms with E-state index in [9.17, 15) is 4.39 Å². The van der Waals surface area contributed by atoms with Gasteiger partial charge in [0.25, 0.3) is 0 Å². The Morgan fingerprint density at radius 1 is 1.08 bits per heavy atom. The Morgan fingerprint density at radius 3 is 2.46 bits per heavy atom. The quantitative estimate of drug-likeness (QED) is 0.852. The normalized spacial score (nSPS) is 14.6. The standard InChI is InChI=1S/C20H26FN3/c1-2-24(14-22)20-13-18(15-9-11-16(21)12-10-15)17-7-5-3-4-6-8-19(17)23-20/h9-13H,2-8,14,22H2,1H3. The summed E-state index contributed by atoms with van der Waals surface area (Å²) in [5.41, 5.74) is 10.7. The van der Waals surface area contributed by atoms with E-state index in [2.05, 4.69) is 17.9 Å². The average Bonchev–Trinajstić information content (AvgIpc) is 2.57. The first-order valence-electron chi connectivity index (χ1n) is 8.96. The highest BCUT2D eigenvalue weighted by molar-refractivity contribution is 5.71. The predicted octanol–water partition coefficient (Wildman–Crippen LogP) is 4.29. The zero-order valence-electron chi connectivity index (χ0n) is 14.4. The molecule has 4 heteroatoms. The summed E-state index contributed by atoms with van der Waals surface area (Å²) in [5.74, 6) is 0.728. The number of aromatic nitrogens is 1. The Balaban J connectivity index is 2.14. The van der Waals surface area contributed by atoms with Crippen molar-refractivity contribution in [1.29, 1.82) is 0 Å². The van der Waals surface area contributed by atoms with Gasteiger partial charge < -0.3 is 10.6 Å². The summed E-state index contributed by atoms with van der Waals surface area (Å²) in [6.07, 6.45) is 6.97. The summed E-state index contributed by atoms with van der Waals surface area (Å²) in [6.45, 7) is 3.36. The fraction of sp³-hybridized carbons (Fsp3) is 0.450. The van der Waals surface area contributed by atoms with Crippen LogP contribution in [-0.2, 0) is 12.8 Å². The van der Waals surface area contributed by atoms with Crippen LogP contribution in [0.1, 0.15) is 43.9 Å². The Kier molecular flexibility index (Phi) is 5.46. The van der Waals surface area contributed by atoms with Crippen LogP contribution >= 0.6 is 0 Å². The molecule has 0 fully saturated rings. The Bertz CT molecular complexity index is 678. The number of benzene rings is 1. The fourth-order valence-electron chi connectivity index (χ4n) is 3.48. The fourth-order valence-corrected chi connectivity index (χ4v) is 3.48. The van der Waals surface area contributed by atoms with Crippen LogP contribution in [-0.4, -0.2) is 18.2 Å². The molecule has 2 N–H and O–H groups in total. The van der Waals surface area contributed by atoms with Gasteiger partial charge in [0.15, 0.2) is 0 Å². The molecule has 0 saturated heterocycles. The van der Waals surface area contributed by atoms with Gasteiger partial charge in [-0.2, -0.15) is 0 Å². The van der Waals surface area contributed by atoms with Crippen LogP contribution in [0.5, 0.6) is 0 Å². The van der Waals surface area contributed by atoms with Crippen molar-refractivity contribution in [2.45, 2.75) is 45.4 Å². The van der Waals surface area contributed by atoms with Gasteiger partial charge in [0, 0.05) is 12.2 Å². The number of nitrogens with zero attached hydrogens (tertiary/aromatic N) is 2. The zero-order chi connectivity index (χ0) is 16.9. The van der Waals surface area contributed by atoms with E-state index in [0.717, 1.165) is 30.8 Å². The molecule has 24 heavy (non-hydrogen) atoms. The molecule has 0 unspecified atom stereocenters. The molecule has 0 spiro atoms. The van der Waals surface area contributed by atoms with E-state index in [1.807, 2.05) is 12.1 Å². The van der Waals surface area contributed by atoms with Gasteiger partial charge in [-0.05, 0) is 67.5 Å². The van der Waals surface area contributed by atoms with Crippen LogP contribution < -0.4 is 10.6 Å². The van der Waals surface area contributed by atoms with Gasteiger partial charge in [-0.1, -0.05) is 25.0 Å². The molecular weight excluding hydrogens is 301 g/mol. The second kappa shape index (κ2) is 7.75. The molecule has 1 aromatic heterocycles. The number of hydrogen-bond acceptors (Lipinski definition) is 3. The van der Waals surface area contributed by atoms with Gasteiger partial charge in [-0.15, -0.1) is 0 Å². The van der Waals surface area contributed by atoms with Crippen LogP contribution in [0.4, 0.5) is 10.2 Å². The number of rotatable bonds is 4. The lowest BCUT2D eigenvalue weighted by Crippen LogP contribution is -2.30. The number of nitrogens with two attached hydrogens (primary N) is 1.